The molecule has 0 spiro atoms. The highest BCUT2D eigenvalue weighted by Crippen LogP contribution is 2.35. The number of ether oxygens (including phenoxy) is 1. The summed E-state index contributed by atoms with van der Waals surface area (Å²) >= 11 is 0. The monoisotopic (exact) mass is 265 g/mol. The average Bonchev–Trinajstić information content (AvgIpc) is 3.02. The lowest BCUT2D eigenvalue weighted by molar-refractivity contribution is -0.0332. The van der Waals surface area contributed by atoms with E-state index in [-0.39, 0.29) is 31.5 Å². The van der Waals surface area contributed by atoms with Gasteiger partial charge in [-0.1, -0.05) is 0 Å². The second-order valence-corrected chi connectivity index (χ2v) is 4.57. The van der Waals surface area contributed by atoms with Crippen molar-refractivity contribution in [1.82, 2.24) is 19.5 Å². The van der Waals surface area contributed by atoms with Gasteiger partial charge in [-0.15, -0.1) is 0 Å². The van der Waals surface area contributed by atoms with Crippen LogP contribution in [-0.2, 0) is 4.74 Å². The first-order chi connectivity index (χ1) is 9.24. The van der Waals surface area contributed by atoms with Crippen LogP contribution in [0.3, 0.4) is 0 Å². The molecule has 2 aromatic rings. The van der Waals surface area contributed by atoms with E-state index in [1.165, 1.54) is 6.33 Å². The van der Waals surface area contributed by atoms with E-state index in [0.29, 0.717) is 23.4 Å². The van der Waals surface area contributed by atoms with E-state index in [1.807, 2.05) is 0 Å². The van der Waals surface area contributed by atoms with Gasteiger partial charge in [0.2, 0.25) is 0 Å². The molecular formula is C11H15N5O3. The standard InChI is InChI=1S/C11H15N5O3/c12-10-9-11(14-4-13-10)15-5-16(9)8-1-6(2-17)7(3-18)19-8/h4-8,17-18H,1-3H2,(H2,12,13,14)/t6-,7-,8+/m1/s1. The second kappa shape index (κ2) is 4.72. The third-order valence-corrected chi connectivity index (χ3v) is 3.48. The normalized spacial score (nSPS) is 27.2. The number of aromatic nitrogens is 4. The first-order valence-corrected chi connectivity index (χ1v) is 6.04. The summed E-state index contributed by atoms with van der Waals surface area (Å²) in [5.74, 6) is 0.234. The summed E-state index contributed by atoms with van der Waals surface area (Å²) in [6, 6.07) is 0. The van der Waals surface area contributed by atoms with Crippen molar-refractivity contribution in [2.24, 2.45) is 5.92 Å². The first kappa shape index (κ1) is 12.3. The molecule has 102 valence electrons. The summed E-state index contributed by atoms with van der Waals surface area (Å²) in [6.07, 6.45) is 2.83. The minimum absolute atomic E-state index is 0.0274. The van der Waals surface area contributed by atoms with Gasteiger partial charge in [-0.25, -0.2) is 15.0 Å². The number of aliphatic hydroxyl groups excluding tert-OH is 2. The van der Waals surface area contributed by atoms with E-state index in [2.05, 4.69) is 15.0 Å². The molecule has 0 amide bonds. The molecule has 8 nitrogen and oxygen atoms in total. The van der Waals surface area contributed by atoms with E-state index < -0.39 is 0 Å². The Bertz CT molecular complexity index is 575. The molecule has 8 heteroatoms. The number of fused-ring (bicyclic) bond motifs is 1. The maximum absolute atomic E-state index is 9.29. The molecule has 1 saturated heterocycles. The highest BCUT2D eigenvalue weighted by molar-refractivity contribution is 5.81. The number of nitrogen functional groups attached to an aromatic ring is 1. The minimum Gasteiger partial charge on any atom is -0.396 e. The molecule has 0 aliphatic carbocycles. The van der Waals surface area contributed by atoms with Crippen LogP contribution in [0.2, 0.25) is 0 Å². The number of rotatable bonds is 3. The number of imidazole rings is 1. The Balaban J connectivity index is 1.97. The topological polar surface area (TPSA) is 119 Å². The van der Waals surface area contributed by atoms with Crippen LogP contribution in [0.4, 0.5) is 5.82 Å². The zero-order valence-electron chi connectivity index (χ0n) is 10.2. The molecule has 2 aromatic heterocycles. The van der Waals surface area contributed by atoms with E-state index in [4.69, 9.17) is 10.5 Å². The summed E-state index contributed by atoms with van der Waals surface area (Å²) in [5, 5.41) is 18.5. The quantitative estimate of drug-likeness (QED) is 0.671. The maximum Gasteiger partial charge on any atom is 0.183 e. The van der Waals surface area contributed by atoms with Gasteiger partial charge in [0.05, 0.1) is 19.0 Å². The van der Waals surface area contributed by atoms with E-state index >= 15 is 0 Å². The largest absolute Gasteiger partial charge is 0.396 e. The molecule has 1 aliphatic rings. The van der Waals surface area contributed by atoms with Crippen molar-refractivity contribution in [1.29, 1.82) is 0 Å². The number of aliphatic hydroxyl groups is 2. The molecule has 4 N–H and O–H groups in total. The molecule has 0 aromatic carbocycles. The van der Waals surface area contributed by atoms with Crippen molar-refractivity contribution >= 4 is 17.0 Å². The maximum atomic E-state index is 9.29. The molecule has 3 rings (SSSR count). The Morgan fingerprint density at radius 1 is 1.32 bits per heavy atom. The number of nitrogens with zero attached hydrogens (tertiary/aromatic N) is 4. The molecule has 0 radical (unpaired) electrons. The van der Waals surface area contributed by atoms with Gasteiger partial charge in [-0.2, -0.15) is 0 Å². The Kier molecular flexibility index (Phi) is 3.05. The van der Waals surface area contributed by atoms with E-state index in [0.717, 1.165) is 0 Å². The van der Waals surface area contributed by atoms with Crippen LogP contribution in [-0.4, -0.2) is 49.0 Å². The number of hydrogen-bond donors (Lipinski definition) is 3. The molecule has 1 aliphatic heterocycles. The van der Waals surface area contributed by atoms with E-state index in [9.17, 15) is 10.2 Å². The van der Waals surface area contributed by atoms with Gasteiger partial charge in [0.25, 0.3) is 0 Å². The highest BCUT2D eigenvalue weighted by atomic mass is 16.5. The van der Waals surface area contributed by atoms with Gasteiger partial charge in [0.1, 0.15) is 18.1 Å². The molecule has 0 bridgehead atoms. The summed E-state index contributed by atoms with van der Waals surface area (Å²) in [7, 11) is 0. The van der Waals surface area contributed by atoms with Crippen molar-refractivity contribution < 1.29 is 14.9 Å². The van der Waals surface area contributed by atoms with Crippen LogP contribution >= 0.6 is 0 Å². The molecule has 1 fully saturated rings. The lowest BCUT2D eigenvalue weighted by Crippen LogP contribution is -2.23. The van der Waals surface area contributed by atoms with Gasteiger partial charge >= 0.3 is 0 Å². The zero-order valence-corrected chi connectivity index (χ0v) is 10.2. The lowest BCUT2D eigenvalue weighted by Gasteiger charge is -2.14. The van der Waals surface area contributed by atoms with Crippen LogP contribution in [0.5, 0.6) is 0 Å². The van der Waals surface area contributed by atoms with Crippen molar-refractivity contribution in [2.45, 2.75) is 18.8 Å². The number of hydrogen-bond acceptors (Lipinski definition) is 7. The SMILES string of the molecule is Nc1ncnc2ncn([C@@H]3C[C@H](CO)[C@@H](CO)O3)c12. The fourth-order valence-electron chi connectivity index (χ4n) is 2.46. The zero-order chi connectivity index (χ0) is 13.4. The second-order valence-electron chi connectivity index (χ2n) is 4.57. The van der Waals surface area contributed by atoms with E-state index in [1.54, 1.807) is 10.9 Å². The predicted octanol–water partition coefficient (Wildman–Crippen LogP) is -0.703. The minimum atomic E-state index is -0.377. The lowest BCUT2D eigenvalue weighted by atomic mass is 10.0. The van der Waals surface area contributed by atoms with Gasteiger partial charge in [0.15, 0.2) is 11.5 Å². The molecule has 0 saturated carbocycles. The highest BCUT2D eigenvalue weighted by Gasteiger charge is 2.36. The fraction of sp³-hybridized carbons (Fsp3) is 0.545. The van der Waals surface area contributed by atoms with Crippen LogP contribution in [0.1, 0.15) is 12.6 Å². The van der Waals surface area contributed by atoms with Gasteiger partial charge < -0.3 is 20.7 Å². The average molecular weight is 265 g/mol. The van der Waals surface area contributed by atoms with Crippen LogP contribution in [0.25, 0.3) is 11.2 Å². The van der Waals surface area contributed by atoms with Crippen molar-refractivity contribution in [2.75, 3.05) is 18.9 Å². The van der Waals surface area contributed by atoms with Crippen molar-refractivity contribution in [3.8, 4) is 0 Å². The van der Waals surface area contributed by atoms with Crippen LogP contribution < -0.4 is 5.73 Å². The number of nitrogens with two attached hydrogens (primary N) is 1. The van der Waals surface area contributed by atoms with Gasteiger partial charge in [0, 0.05) is 18.9 Å². The first-order valence-electron chi connectivity index (χ1n) is 6.04. The van der Waals surface area contributed by atoms with Gasteiger partial charge in [-0.05, 0) is 0 Å². The predicted molar refractivity (Wildman–Crippen MR) is 65.9 cm³/mol. The summed E-state index contributed by atoms with van der Waals surface area (Å²) < 4.78 is 7.48. The summed E-state index contributed by atoms with van der Waals surface area (Å²) in [6.45, 7) is -0.152. The van der Waals surface area contributed by atoms with Crippen molar-refractivity contribution in [3.05, 3.63) is 12.7 Å². The van der Waals surface area contributed by atoms with Gasteiger partial charge in [-0.3, -0.25) is 4.57 Å². The summed E-state index contributed by atoms with van der Waals surface area (Å²) in [4.78, 5) is 12.1. The Hall–Kier alpha value is -1.77. The molecule has 3 heterocycles. The molecule has 3 atom stereocenters. The Morgan fingerprint density at radius 3 is 2.84 bits per heavy atom. The smallest absolute Gasteiger partial charge is 0.183 e. The van der Waals surface area contributed by atoms with Crippen LogP contribution in [0, 0.1) is 5.92 Å². The summed E-state index contributed by atoms with van der Waals surface area (Å²) in [5.41, 5.74) is 6.95. The Labute approximate surface area is 108 Å². The number of anilines is 1. The molecule has 19 heavy (non-hydrogen) atoms. The fourth-order valence-corrected chi connectivity index (χ4v) is 2.46. The third-order valence-electron chi connectivity index (χ3n) is 3.48. The van der Waals surface area contributed by atoms with Crippen molar-refractivity contribution in [3.63, 3.8) is 0 Å². The molecule has 0 unspecified atom stereocenters. The molecular weight excluding hydrogens is 250 g/mol. The third kappa shape index (κ3) is 1.93. The van der Waals surface area contributed by atoms with Crippen LogP contribution in [0.15, 0.2) is 12.7 Å². The Morgan fingerprint density at radius 2 is 2.16 bits per heavy atom.